The fraction of sp³-hybridized carbons (Fsp3) is 0.750. The molecule has 1 heterocycles. The smallest absolute Gasteiger partial charge is 0.325 e. The fourth-order valence-electron chi connectivity index (χ4n) is 2.08. The van der Waals surface area contributed by atoms with Crippen molar-refractivity contribution in [2.75, 3.05) is 26.7 Å². The predicted octanol–water partition coefficient (Wildman–Crippen LogP) is -0.146. The van der Waals surface area contributed by atoms with Crippen molar-refractivity contribution in [3.63, 3.8) is 0 Å². The maximum atomic E-state index is 12.2. The zero-order chi connectivity index (χ0) is 14.5. The van der Waals surface area contributed by atoms with Gasteiger partial charge in [0, 0.05) is 13.1 Å². The van der Waals surface area contributed by atoms with Gasteiger partial charge in [-0.3, -0.25) is 14.5 Å². The van der Waals surface area contributed by atoms with Gasteiger partial charge in [-0.1, -0.05) is 13.8 Å². The average molecular weight is 307 g/mol. The minimum atomic E-state index is -0.845. The molecule has 0 radical (unpaired) electrons. The first-order chi connectivity index (χ1) is 9.00. The molecule has 0 saturated carbocycles. The molecule has 1 aliphatic heterocycles. The third kappa shape index (κ3) is 3.83. The minimum absolute atomic E-state index is 0. The van der Waals surface area contributed by atoms with Gasteiger partial charge >= 0.3 is 6.03 Å². The second-order valence-corrected chi connectivity index (χ2v) is 4.56. The zero-order valence-corrected chi connectivity index (χ0v) is 12.9. The lowest BCUT2D eigenvalue weighted by atomic mass is 9.93. The number of urea groups is 1. The van der Waals surface area contributed by atoms with Crippen molar-refractivity contribution >= 4 is 30.3 Å². The Kier molecular flexibility index (Phi) is 7.52. The second-order valence-electron chi connectivity index (χ2n) is 4.56. The summed E-state index contributed by atoms with van der Waals surface area (Å²) in [7, 11) is 1.78. The van der Waals surface area contributed by atoms with Gasteiger partial charge in [-0.25, -0.2) is 4.79 Å². The predicted molar refractivity (Wildman–Crippen MR) is 77.7 cm³/mol. The standard InChI is InChI=1S/C12H22N4O3.ClH/c1-4-12(5-2)10(18)16(11(19)15-12)8-9(17)14-7-6-13-3;/h13H,4-8H2,1-3H3,(H,14,17)(H,15,19);1H. The Balaban J connectivity index is 0.00000361. The molecule has 0 aromatic carbocycles. The summed E-state index contributed by atoms with van der Waals surface area (Å²) < 4.78 is 0. The number of rotatable bonds is 7. The molecule has 0 aliphatic carbocycles. The van der Waals surface area contributed by atoms with Gasteiger partial charge < -0.3 is 16.0 Å². The van der Waals surface area contributed by atoms with E-state index in [2.05, 4.69) is 16.0 Å². The van der Waals surface area contributed by atoms with Crippen LogP contribution in [0.5, 0.6) is 0 Å². The number of nitrogens with zero attached hydrogens (tertiary/aromatic N) is 1. The van der Waals surface area contributed by atoms with E-state index in [0.29, 0.717) is 25.9 Å². The summed E-state index contributed by atoms with van der Waals surface area (Å²) in [5, 5.41) is 8.22. The van der Waals surface area contributed by atoms with E-state index in [-0.39, 0.29) is 30.8 Å². The normalized spacial score (nSPS) is 16.6. The maximum Gasteiger partial charge on any atom is 0.325 e. The molecule has 1 rings (SSSR count). The fourth-order valence-corrected chi connectivity index (χ4v) is 2.08. The van der Waals surface area contributed by atoms with Crippen molar-refractivity contribution < 1.29 is 14.4 Å². The lowest BCUT2D eigenvalue weighted by Gasteiger charge is -2.22. The van der Waals surface area contributed by atoms with Crippen LogP contribution >= 0.6 is 12.4 Å². The van der Waals surface area contributed by atoms with E-state index in [0.717, 1.165) is 4.90 Å². The van der Waals surface area contributed by atoms with Crippen LogP contribution in [0.3, 0.4) is 0 Å². The topological polar surface area (TPSA) is 90.5 Å². The monoisotopic (exact) mass is 306 g/mol. The van der Waals surface area contributed by atoms with Gasteiger partial charge in [0.15, 0.2) is 0 Å². The molecular weight excluding hydrogens is 284 g/mol. The molecular formula is C12H23ClN4O3. The molecule has 0 atom stereocenters. The summed E-state index contributed by atoms with van der Waals surface area (Å²) in [5.74, 6) is -0.645. The number of carbonyl (C=O) groups excluding carboxylic acids is 3. The first-order valence-corrected chi connectivity index (χ1v) is 6.56. The van der Waals surface area contributed by atoms with E-state index in [9.17, 15) is 14.4 Å². The minimum Gasteiger partial charge on any atom is -0.353 e. The van der Waals surface area contributed by atoms with Crippen LogP contribution in [-0.4, -0.2) is 55.0 Å². The number of hydrogen-bond donors (Lipinski definition) is 3. The second kappa shape index (κ2) is 8.06. The molecule has 0 spiro atoms. The first kappa shape index (κ1) is 18.7. The number of halogens is 1. The summed E-state index contributed by atoms with van der Waals surface area (Å²) >= 11 is 0. The van der Waals surface area contributed by atoms with Crippen LogP contribution in [0.15, 0.2) is 0 Å². The molecule has 1 aliphatic rings. The van der Waals surface area contributed by atoms with Crippen LogP contribution in [0.1, 0.15) is 26.7 Å². The van der Waals surface area contributed by atoms with Gasteiger partial charge in [0.2, 0.25) is 5.91 Å². The molecule has 0 bridgehead atoms. The van der Waals surface area contributed by atoms with E-state index < -0.39 is 11.6 Å². The summed E-state index contributed by atoms with van der Waals surface area (Å²) in [5.41, 5.74) is -0.845. The lowest BCUT2D eigenvalue weighted by molar-refractivity contribution is -0.135. The molecule has 7 nitrogen and oxygen atoms in total. The van der Waals surface area contributed by atoms with Gasteiger partial charge in [0.05, 0.1) is 0 Å². The van der Waals surface area contributed by atoms with Crippen molar-refractivity contribution in [1.29, 1.82) is 0 Å². The highest BCUT2D eigenvalue weighted by atomic mass is 35.5. The van der Waals surface area contributed by atoms with Gasteiger partial charge in [-0.05, 0) is 19.9 Å². The van der Waals surface area contributed by atoms with Gasteiger partial charge in [-0.15, -0.1) is 12.4 Å². The van der Waals surface area contributed by atoms with E-state index >= 15 is 0 Å². The van der Waals surface area contributed by atoms with E-state index in [1.165, 1.54) is 0 Å². The molecule has 1 fully saturated rings. The Morgan fingerprint density at radius 3 is 2.30 bits per heavy atom. The van der Waals surface area contributed by atoms with Crippen LogP contribution in [-0.2, 0) is 9.59 Å². The number of imide groups is 1. The summed E-state index contributed by atoms with van der Waals surface area (Å²) in [6, 6.07) is -0.488. The third-order valence-corrected chi connectivity index (χ3v) is 3.45. The molecule has 20 heavy (non-hydrogen) atoms. The molecule has 1 saturated heterocycles. The number of amides is 4. The molecule has 4 amide bonds. The van der Waals surface area contributed by atoms with E-state index in [1.807, 2.05) is 13.8 Å². The van der Waals surface area contributed by atoms with Crippen molar-refractivity contribution in [3.05, 3.63) is 0 Å². The Labute approximate surface area is 125 Å². The van der Waals surface area contributed by atoms with Crippen LogP contribution in [0.2, 0.25) is 0 Å². The zero-order valence-electron chi connectivity index (χ0n) is 12.1. The molecule has 3 N–H and O–H groups in total. The Bertz CT molecular complexity index is 372. The number of nitrogens with one attached hydrogen (secondary N) is 3. The summed E-state index contributed by atoms with van der Waals surface area (Å²) in [4.78, 5) is 36.6. The Morgan fingerprint density at radius 1 is 1.25 bits per heavy atom. The molecule has 116 valence electrons. The highest BCUT2D eigenvalue weighted by Gasteiger charge is 2.49. The first-order valence-electron chi connectivity index (χ1n) is 6.56. The van der Waals surface area contributed by atoms with Crippen molar-refractivity contribution in [2.45, 2.75) is 32.2 Å². The highest BCUT2D eigenvalue weighted by molar-refractivity contribution is 6.08. The molecule has 0 aromatic rings. The average Bonchev–Trinajstić information content (AvgIpc) is 2.64. The largest absolute Gasteiger partial charge is 0.353 e. The van der Waals surface area contributed by atoms with Gasteiger partial charge in [0.1, 0.15) is 12.1 Å². The van der Waals surface area contributed by atoms with Crippen LogP contribution in [0, 0.1) is 0 Å². The molecule has 0 unspecified atom stereocenters. The Morgan fingerprint density at radius 2 is 1.85 bits per heavy atom. The van der Waals surface area contributed by atoms with Gasteiger partial charge in [0.25, 0.3) is 5.91 Å². The maximum absolute atomic E-state index is 12.2. The third-order valence-electron chi connectivity index (χ3n) is 3.45. The number of likely N-dealkylation sites (N-methyl/N-ethyl adjacent to an activating group) is 1. The number of carbonyl (C=O) groups is 3. The number of hydrogen-bond acceptors (Lipinski definition) is 4. The van der Waals surface area contributed by atoms with E-state index in [4.69, 9.17) is 0 Å². The molecule has 8 heteroatoms. The SMILES string of the molecule is CCC1(CC)NC(=O)N(CC(=O)NCCNC)C1=O.Cl. The van der Waals surface area contributed by atoms with Crippen LogP contribution < -0.4 is 16.0 Å². The summed E-state index contributed by atoms with van der Waals surface area (Å²) in [6.45, 7) is 4.57. The van der Waals surface area contributed by atoms with Gasteiger partial charge in [-0.2, -0.15) is 0 Å². The van der Waals surface area contributed by atoms with Crippen LogP contribution in [0.4, 0.5) is 4.79 Å². The van der Waals surface area contributed by atoms with E-state index in [1.54, 1.807) is 7.05 Å². The quantitative estimate of drug-likeness (QED) is 0.451. The van der Waals surface area contributed by atoms with Crippen LogP contribution in [0.25, 0.3) is 0 Å². The van der Waals surface area contributed by atoms with Crippen molar-refractivity contribution in [3.8, 4) is 0 Å². The lowest BCUT2D eigenvalue weighted by Crippen LogP contribution is -2.47. The molecule has 0 aromatic heterocycles. The summed E-state index contributed by atoms with van der Waals surface area (Å²) in [6.07, 6.45) is 1.04. The highest BCUT2D eigenvalue weighted by Crippen LogP contribution is 2.24. The van der Waals surface area contributed by atoms with Crippen molar-refractivity contribution in [2.24, 2.45) is 0 Å². The Hall–Kier alpha value is -1.34. The van der Waals surface area contributed by atoms with Crippen molar-refractivity contribution in [1.82, 2.24) is 20.9 Å².